The number of ether oxygens (including phenoxy) is 11. The maximum atomic E-state index is 12.0. The van der Waals surface area contributed by atoms with Crippen molar-refractivity contribution in [2.24, 2.45) is 23.6 Å². The second-order valence-electron chi connectivity index (χ2n) is 32.8. The molecule has 50 heteroatoms. The number of imide groups is 3. The number of hydrogen-bond acceptors (Lipinski definition) is 37. The highest BCUT2D eigenvalue weighted by Crippen LogP contribution is 2.41. The van der Waals surface area contributed by atoms with E-state index in [0.717, 1.165) is 26.4 Å². The topological polar surface area (TPSA) is 592 Å². The second-order valence-corrected chi connectivity index (χ2v) is 53.3. The molecule has 0 bridgehead atoms. The molecule has 6 amide bonds. The van der Waals surface area contributed by atoms with Crippen LogP contribution in [0.2, 0.25) is 72.5 Å². The molecular formula is C93H183Cl4N3O39Si4. The van der Waals surface area contributed by atoms with Gasteiger partial charge in [0.15, 0.2) is 58.3 Å². The van der Waals surface area contributed by atoms with Gasteiger partial charge in [-0.3, -0.25) is 43.3 Å². The van der Waals surface area contributed by atoms with Crippen molar-refractivity contribution in [3.8, 4) is 0 Å². The number of hydrogen-bond donors (Lipinski definition) is 9. The molecule has 13 aliphatic heterocycles. The zero-order valence-corrected chi connectivity index (χ0v) is 89.4. The van der Waals surface area contributed by atoms with Gasteiger partial charge in [-0.25, -0.2) is 4.79 Å². The molecule has 13 rings (SSSR count). The lowest BCUT2D eigenvalue weighted by Crippen LogP contribution is -2.41. The highest BCUT2D eigenvalue weighted by molar-refractivity contribution is 6.75. The largest absolute Gasteiger partial charge is 0.560 e. The summed E-state index contributed by atoms with van der Waals surface area (Å²) in [6.45, 7) is -12.8. The van der Waals surface area contributed by atoms with E-state index in [9.17, 15) is 68.4 Å². The van der Waals surface area contributed by atoms with E-state index >= 15 is 0 Å². The number of carbonyl (C=O) groups is 10. The Hall–Kier alpha value is -3.67. The van der Waals surface area contributed by atoms with Crippen LogP contribution >= 0.6 is 46.4 Å². The molecule has 0 aromatic rings. The molecule has 0 radical (unpaired) electrons. The van der Waals surface area contributed by atoms with E-state index in [4.69, 9.17) is 195 Å². The standard InChI is InChI=1S/C11H13NO7.C10H24O2Si.C10H22O2Si.C9H8N2O7.C8H20O2Si.C8H18O2Si.3C6H10O3.C4H10O2.2C4H8O.C3H8.C2H6O2.2CH2Cl2.2H2O/c13-8-1-2-9(14)12(8)19-11(15)18-7-5-17-10-6(7)3-4-16-10;2*1-10(2,3)13(4,5)12-9-7-6-8-11;12-5-1-2-6(13)10(5)17-9(16)18-11-7(14)3-4-8(11)15;2*1-8(2,3)11(4,5)10-7-6-9;3*7-5-3-9-6-4(5)1-2-8-6;5-3-1-2-4-6;2*1-2-4-5-3-1;1-3-2;3-1-2-4;2*2-1-3;;/h6-7,10H,1-5H2;11H,6-9H2,1-5H3;8H,6-7,9H2,1-5H3;1-4H2;9H,6-7H2,1-5H3;6H,7H2,1-5H3;3*4-7H,1-3H2;5-6H,1-4H2;2*1-4H2;3H2,1-2H3;3-4H,1-2H2;2*1H2;2*1H2/t6-,7-,10+;;;;;;4-,5+,6+;2*4-,5-,6+;;;;;;;;;/m0.....000........./s1/i3D2,4D2,5D2,6D,7D,10D;6D2,7D2,8D2,9D2;6D2,7D2,8D,9D2;;6D2,7D2;6D,7D2;3*1D2,2D2,3D2,4D,5D,6D;1D2,2D2,3D2,4D2;;;;1D2,2D2;;;;. The molecule has 13 heterocycles. The Bertz CT molecular complexity index is 6420. The molecule has 13 aliphatic rings. The fourth-order valence-corrected chi connectivity index (χ4v) is 9.61. The number of carbonyl (C=O) groups excluding carboxylic acids is 10. The summed E-state index contributed by atoms with van der Waals surface area (Å²) in [6, 6.07) is 0. The van der Waals surface area contributed by atoms with Gasteiger partial charge in [0.25, 0.3) is 35.4 Å². The average Bonchev–Trinajstić information content (AvgIpc) is 1.47. The van der Waals surface area contributed by atoms with E-state index < -0.39 is 358 Å². The highest BCUT2D eigenvalue weighted by Gasteiger charge is 2.48. The zero-order chi connectivity index (χ0) is 171. The number of nitrogens with zero attached hydrogens (tertiary/aromatic N) is 3. The van der Waals surface area contributed by atoms with E-state index in [-0.39, 0.29) is 85.4 Å². The third kappa shape index (κ3) is 63.4. The summed E-state index contributed by atoms with van der Waals surface area (Å²) in [6.07, 6.45) is -62.5. The number of fused-ring (bicyclic) bond motifs is 4. The SMILES string of the molecule is C1CCOC1.C1CCOC1.CCC.ClCCl.ClCCl.O.O.O=C(ON1C(=O)CCC1=O)ON1C(=O)CCC1=O.[2H]C(=O)C([2H])([2H])C([2H])([2H])C([2H])([2H])O[Si](C)(C)C(C)(C)C.[2H]C(=O)C([2H])([2H])O[Si](C)(C)C(C)(C)C.[2H]C([2H])(O)C([2H])([2H])C([2H])([2H])C([2H])([2H])O.[2H]C([2H])(O)C([2H])([2H])C([2H])([2H])C([2H])([2H])O[Si](C)(C)C(C)(C)C.[2H]C([2H])(O)C([2H])([2H])O.[2H]C([2H])(O)C([2H])([2H])O[Si](C)(C)C(C)(C)C.[2H]C1([2H])O[C@]2([2H])OC([2H])([2H])[C@@]([2H])(O)[C@]2([2H])C1([2H])[2H].[2H]C1([2H])O[C@]2([2H])OC([2H])([2H])[C@]([2H])(O)[C@]2([2H])C1([2H])[2H].[2H]C1([2H])O[C@]2([2H])OC([2H])([2H])[C@]([2H])(O)[C@]2([2H])C1([2H])[2H].[2H]C1([2H])O[C@]2([2H])OC([2H])([2H])[C@]([2H])(OC(=O)ON3C(=O)CCC3=O)[C@]2([2H])C1([2H])[2H]. The van der Waals surface area contributed by atoms with Gasteiger partial charge >= 0.3 is 12.3 Å². The Morgan fingerprint density at radius 3 is 0.916 bits per heavy atom. The summed E-state index contributed by atoms with van der Waals surface area (Å²) in [5.41, 5.74) is 0. The molecule has 0 saturated carbocycles. The lowest BCUT2D eigenvalue weighted by atomic mass is 10.0. The van der Waals surface area contributed by atoms with Gasteiger partial charge in [0.05, 0.1) is 180 Å². The first-order valence-electron chi connectivity index (χ1n) is 76.1. The smallest absolute Gasteiger partial charge is 0.426 e. The monoisotopic (exact) mass is 2290 g/mol. The second kappa shape index (κ2) is 82.0. The van der Waals surface area contributed by atoms with Crippen LogP contribution in [0, 0.1) is 23.6 Å². The summed E-state index contributed by atoms with van der Waals surface area (Å²) in [4.78, 5) is 125. The molecular weight excluding hydrogens is 2040 g/mol. The number of aliphatic hydroxyl groups is 9. The maximum absolute atomic E-state index is 12.0. The van der Waals surface area contributed by atoms with Crippen molar-refractivity contribution >= 4 is 140 Å². The minimum absolute atomic E-state index is 0. The molecule has 0 spiro atoms. The summed E-state index contributed by atoms with van der Waals surface area (Å²) in [5, 5.41) is 80.7. The molecule has 0 aromatic carbocycles. The Morgan fingerprint density at radius 2 is 0.664 bits per heavy atom. The summed E-state index contributed by atoms with van der Waals surface area (Å²) >= 11 is 19.1. The molecule has 42 nitrogen and oxygen atoms in total. The first-order chi connectivity index (χ1) is 91.4. The number of alkyl halides is 4. The first kappa shape index (κ1) is 63.9. The maximum Gasteiger partial charge on any atom is 0.560 e. The Kier molecular flexibility index (Phi) is 36.6. The van der Waals surface area contributed by atoms with Gasteiger partial charge in [0.1, 0.15) is 21.3 Å². The van der Waals surface area contributed by atoms with Crippen molar-refractivity contribution in [2.45, 2.75) is 353 Å². The van der Waals surface area contributed by atoms with Crippen LogP contribution in [-0.4, -0.2) is 370 Å². The fourth-order valence-electron chi connectivity index (χ4n) is 7.17. The van der Waals surface area contributed by atoms with Crippen molar-refractivity contribution < 1.29 is 285 Å². The summed E-state index contributed by atoms with van der Waals surface area (Å²) in [5.74, 6) is -18.2. The summed E-state index contributed by atoms with van der Waals surface area (Å²) in [7, 11) is -10.2. The number of rotatable bonds is 24. The quantitative estimate of drug-likeness (QED) is 0.0142. The van der Waals surface area contributed by atoms with Gasteiger partial charge < -0.3 is 136 Å². The van der Waals surface area contributed by atoms with Crippen LogP contribution in [0.25, 0.3) is 0 Å². The average molecular weight is 2290 g/mol. The van der Waals surface area contributed by atoms with Gasteiger partial charge in [0, 0.05) is 155 Å². The minimum atomic E-state index is -3.74. The van der Waals surface area contributed by atoms with Crippen LogP contribution < -0.4 is 0 Å². The molecule has 0 aliphatic carbocycles. The first-order valence-corrected chi connectivity index (χ1v) is 54.9. The Balaban J connectivity index is -0.000000740. The lowest BCUT2D eigenvalue weighted by molar-refractivity contribution is -0.198. The van der Waals surface area contributed by atoms with E-state index in [2.05, 4.69) is 71.0 Å². The number of amides is 6. The van der Waals surface area contributed by atoms with Gasteiger partial charge in [-0.15, -0.1) is 46.4 Å². The van der Waals surface area contributed by atoms with Crippen molar-refractivity contribution in [1.82, 2.24) is 15.2 Å². The zero-order valence-electron chi connectivity index (χ0n) is 152. The molecule has 13 saturated heterocycles. The van der Waals surface area contributed by atoms with Gasteiger partial charge in [0.2, 0.25) is 0 Å². The number of halogens is 4. The highest BCUT2D eigenvalue weighted by atomic mass is 35.5. The van der Waals surface area contributed by atoms with Crippen LogP contribution in [0.1, 0.15) is 327 Å². The van der Waals surface area contributed by atoms with Gasteiger partial charge in [-0.1, -0.05) is 119 Å². The molecule has 13 fully saturated rings. The molecule has 143 heavy (non-hydrogen) atoms. The van der Waals surface area contributed by atoms with Crippen molar-refractivity contribution in [3.63, 3.8) is 0 Å². The van der Waals surface area contributed by atoms with Crippen LogP contribution in [0.3, 0.4) is 0 Å². The van der Waals surface area contributed by atoms with Crippen molar-refractivity contribution in [3.05, 3.63) is 0 Å². The van der Waals surface area contributed by atoms with Crippen molar-refractivity contribution in [1.29, 1.82) is 0 Å². The normalized spacial score (nSPS) is 42.7. The third-order valence-corrected chi connectivity index (χ3v) is 35.3. The predicted molar refractivity (Wildman–Crippen MR) is 547 cm³/mol. The van der Waals surface area contributed by atoms with Crippen LogP contribution in [-0.2, 0) is 123 Å². The Morgan fingerprint density at radius 1 is 0.406 bits per heavy atom. The van der Waals surface area contributed by atoms with Gasteiger partial charge in [-0.05, 0) is 156 Å². The van der Waals surface area contributed by atoms with E-state index in [1.807, 2.05) is 96.2 Å². The van der Waals surface area contributed by atoms with Crippen LogP contribution in [0.5, 0.6) is 0 Å². The number of hydroxylamine groups is 6. The van der Waals surface area contributed by atoms with Gasteiger partial charge in [-0.2, -0.15) is 4.79 Å². The molecule has 13 N–H and O–H groups in total. The van der Waals surface area contributed by atoms with Crippen LogP contribution in [0.15, 0.2) is 0 Å². The predicted octanol–water partition coefficient (Wildman–Crippen LogP) is 11.4. The van der Waals surface area contributed by atoms with E-state index in [1.54, 1.807) is 39.3 Å². The lowest BCUT2D eigenvalue weighted by Gasteiger charge is -2.36. The Labute approximate surface area is 971 Å². The minimum Gasteiger partial charge on any atom is -0.426 e. The molecule has 0 aromatic heterocycles. The van der Waals surface area contributed by atoms with E-state index in [1.165, 1.54) is 32.1 Å². The molecule has 0 unspecified atom stereocenters. The summed E-state index contributed by atoms with van der Waals surface area (Å²) < 4.78 is 582. The fraction of sp³-hybridized carbons (Fsp3) is 0.892. The molecule has 848 valence electrons. The van der Waals surface area contributed by atoms with E-state index in [0.29, 0.717) is 0 Å². The number of aldehydes is 2. The van der Waals surface area contributed by atoms with Crippen molar-refractivity contribution in [2.75, 3.05) is 155 Å². The van der Waals surface area contributed by atoms with Crippen LogP contribution in [0.4, 0.5) is 9.59 Å². The third-order valence-electron chi connectivity index (χ3n) is 18.4. The molecule has 12 atom stereocenters.